The Hall–Kier alpha value is -1.60. The molecular formula is C14H12BrF2N3S. The minimum Gasteiger partial charge on any atom is -0.383 e. The maximum absolute atomic E-state index is 13.8. The van der Waals surface area contributed by atoms with E-state index < -0.39 is 18.0 Å². The first kappa shape index (κ1) is 15.8. The molecule has 0 saturated carbocycles. The molecule has 7 heteroatoms. The zero-order valence-electron chi connectivity index (χ0n) is 10.8. The molecule has 0 bridgehead atoms. The third-order valence-electron chi connectivity index (χ3n) is 2.82. The van der Waals surface area contributed by atoms with Gasteiger partial charge in [0.2, 0.25) is 0 Å². The van der Waals surface area contributed by atoms with Crippen LogP contribution in [0.3, 0.4) is 0 Å². The Morgan fingerprint density at radius 2 is 2.00 bits per heavy atom. The van der Waals surface area contributed by atoms with Gasteiger partial charge in [0.05, 0.1) is 10.5 Å². The first-order valence-corrected chi connectivity index (χ1v) is 7.26. The molecule has 0 heterocycles. The monoisotopic (exact) mass is 371 g/mol. The summed E-state index contributed by atoms with van der Waals surface area (Å²) in [5.74, 6) is -0.668. The molecule has 0 saturated heterocycles. The van der Waals surface area contributed by atoms with Gasteiger partial charge in [-0.1, -0.05) is 36.4 Å². The maximum Gasteiger partial charge on any atom is 0.195 e. The molecule has 2 atom stereocenters. The number of nitrogens with two attached hydrogens (primary N) is 1. The van der Waals surface area contributed by atoms with Crippen molar-refractivity contribution in [2.24, 2.45) is 10.7 Å². The lowest BCUT2D eigenvalue weighted by molar-refractivity contribution is 0.288. The zero-order chi connectivity index (χ0) is 15.4. The van der Waals surface area contributed by atoms with Gasteiger partial charge >= 0.3 is 0 Å². The Bertz CT molecular complexity index is 628. The first-order chi connectivity index (χ1) is 9.99. The van der Waals surface area contributed by atoms with Crippen LogP contribution in [0.25, 0.3) is 0 Å². The zero-order valence-corrected chi connectivity index (χ0v) is 13.2. The van der Waals surface area contributed by atoms with E-state index in [1.54, 1.807) is 12.1 Å². The minimum absolute atomic E-state index is 0.000486. The molecule has 0 aromatic heterocycles. The van der Waals surface area contributed by atoms with Gasteiger partial charge in [0.15, 0.2) is 17.1 Å². The van der Waals surface area contributed by atoms with E-state index in [1.807, 2.05) is 18.2 Å². The summed E-state index contributed by atoms with van der Waals surface area (Å²) >= 11 is 7.93. The van der Waals surface area contributed by atoms with E-state index in [1.165, 1.54) is 12.2 Å². The van der Waals surface area contributed by atoms with Crippen molar-refractivity contribution in [3.8, 4) is 0 Å². The van der Waals surface area contributed by atoms with Crippen LogP contribution in [0.15, 0.2) is 57.8 Å². The lowest BCUT2D eigenvalue weighted by atomic mass is 10.1. The standard InChI is InChI=1S/C14H12BrF2N3S/c15-9-6-7-10(12(17)11(9)16)19-14(21)20-13(18)8-4-2-1-3-5-8/h1-7,10,12H,(H3,18,19,20,21). The molecule has 0 fully saturated rings. The summed E-state index contributed by atoms with van der Waals surface area (Å²) in [5.41, 5.74) is 6.51. The fraction of sp³-hybridized carbons (Fsp3) is 0.143. The lowest BCUT2D eigenvalue weighted by Crippen LogP contribution is -2.41. The summed E-state index contributed by atoms with van der Waals surface area (Å²) in [5, 5.41) is 2.63. The molecule has 0 amide bonds. The third-order valence-corrected chi connectivity index (χ3v) is 3.67. The van der Waals surface area contributed by atoms with E-state index >= 15 is 0 Å². The molecule has 2 rings (SSSR count). The van der Waals surface area contributed by atoms with Gasteiger partial charge in [-0.2, -0.15) is 0 Å². The summed E-state index contributed by atoms with van der Waals surface area (Å²) in [7, 11) is 0. The van der Waals surface area contributed by atoms with Gasteiger partial charge in [0.1, 0.15) is 5.84 Å². The van der Waals surface area contributed by atoms with Crippen LogP contribution in [0.5, 0.6) is 0 Å². The van der Waals surface area contributed by atoms with Crippen LogP contribution in [-0.2, 0) is 0 Å². The van der Waals surface area contributed by atoms with Crippen LogP contribution in [0.2, 0.25) is 0 Å². The highest BCUT2D eigenvalue weighted by molar-refractivity contribution is 9.11. The van der Waals surface area contributed by atoms with Gasteiger partial charge in [-0.3, -0.25) is 0 Å². The topological polar surface area (TPSA) is 50.4 Å². The summed E-state index contributed by atoms with van der Waals surface area (Å²) in [4.78, 5) is 3.98. The van der Waals surface area contributed by atoms with Crippen molar-refractivity contribution in [1.29, 1.82) is 0 Å². The van der Waals surface area contributed by atoms with Crippen molar-refractivity contribution in [2.45, 2.75) is 12.2 Å². The summed E-state index contributed by atoms with van der Waals surface area (Å²) < 4.78 is 27.3. The lowest BCUT2D eigenvalue weighted by Gasteiger charge is -2.21. The van der Waals surface area contributed by atoms with Crippen molar-refractivity contribution in [3.05, 3.63) is 58.4 Å². The highest BCUT2D eigenvalue weighted by Crippen LogP contribution is 2.27. The Morgan fingerprint density at radius 1 is 1.33 bits per heavy atom. The molecule has 0 spiro atoms. The second-order valence-corrected chi connectivity index (χ2v) is 5.54. The highest BCUT2D eigenvalue weighted by Gasteiger charge is 2.28. The number of benzene rings is 1. The van der Waals surface area contributed by atoms with Gasteiger partial charge in [-0.25, -0.2) is 13.8 Å². The smallest absolute Gasteiger partial charge is 0.195 e. The number of hydrogen-bond acceptors (Lipinski definition) is 1. The van der Waals surface area contributed by atoms with Gasteiger partial charge in [0.25, 0.3) is 0 Å². The molecule has 1 aromatic carbocycles. The Kier molecular flexibility index (Phi) is 5.19. The largest absolute Gasteiger partial charge is 0.383 e. The van der Waals surface area contributed by atoms with E-state index in [9.17, 15) is 8.78 Å². The highest BCUT2D eigenvalue weighted by atomic mass is 79.9. The molecule has 0 aliphatic heterocycles. The van der Waals surface area contributed by atoms with Crippen molar-refractivity contribution >= 4 is 39.1 Å². The first-order valence-electron chi connectivity index (χ1n) is 6.06. The number of alkyl halides is 1. The van der Waals surface area contributed by atoms with Gasteiger partial charge in [-0.15, -0.1) is 0 Å². The van der Waals surface area contributed by atoms with E-state index in [-0.39, 0.29) is 15.4 Å². The number of halogens is 3. The minimum atomic E-state index is -1.82. The van der Waals surface area contributed by atoms with Gasteiger partial charge in [-0.05, 0) is 34.2 Å². The molecule has 21 heavy (non-hydrogen) atoms. The normalized spacial score (nSPS) is 22.3. The molecule has 1 aromatic rings. The third kappa shape index (κ3) is 3.95. The van der Waals surface area contributed by atoms with Crippen molar-refractivity contribution < 1.29 is 8.78 Å². The number of nitrogens with one attached hydrogen (secondary N) is 1. The van der Waals surface area contributed by atoms with E-state index in [0.29, 0.717) is 5.56 Å². The second kappa shape index (κ2) is 6.91. The number of hydrogen-bond donors (Lipinski definition) is 2. The van der Waals surface area contributed by atoms with Gasteiger partial charge < -0.3 is 11.1 Å². The van der Waals surface area contributed by atoms with Crippen LogP contribution in [0, 0.1) is 0 Å². The summed E-state index contributed by atoms with van der Waals surface area (Å²) in [6, 6.07) is 8.12. The van der Waals surface area contributed by atoms with Crippen LogP contribution < -0.4 is 11.1 Å². The number of amidine groups is 1. The number of thiocarbonyl (C=S) groups is 1. The molecule has 110 valence electrons. The van der Waals surface area contributed by atoms with Crippen molar-refractivity contribution in [1.82, 2.24) is 5.32 Å². The van der Waals surface area contributed by atoms with Crippen molar-refractivity contribution in [3.63, 3.8) is 0 Å². The predicted molar refractivity (Wildman–Crippen MR) is 87.8 cm³/mol. The number of aliphatic imine (C=N–C) groups is 1. The van der Waals surface area contributed by atoms with Crippen LogP contribution in [0.1, 0.15) is 5.56 Å². The van der Waals surface area contributed by atoms with Crippen molar-refractivity contribution in [2.75, 3.05) is 0 Å². The molecular weight excluding hydrogens is 360 g/mol. The van der Waals surface area contributed by atoms with E-state index in [2.05, 4.69) is 26.2 Å². The molecule has 3 N–H and O–H groups in total. The number of nitrogens with zero attached hydrogens (tertiary/aromatic N) is 1. The number of allylic oxidation sites excluding steroid dienone is 2. The quantitative estimate of drug-likeness (QED) is 0.477. The summed E-state index contributed by atoms with van der Waals surface area (Å²) in [6.45, 7) is 0. The maximum atomic E-state index is 13.8. The van der Waals surface area contributed by atoms with Crippen LogP contribution in [0.4, 0.5) is 8.78 Å². The predicted octanol–water partition coefficient (Wildman–Crippen LogP) is 3.12. The SMILES string of the molecule is NC(=NC(=S)NC1C=CC(Br)=C(F)C1F)c1ccccc1. The van der Waals surface area contributed by atoms with Crippen LogP contribution in [-0.4, -0.2) is 23.2 Å². The van der Waals surface area contributed by atoms with E-state index in [0.717, 1.165) is 0 Å². The molecule has 0 radical (unpaired) electrons. The van der Waals surface area contributed by atoms with Gasteiger partial charge in [0, 0.05) is 5.56 Å². The Balaban J connectivity index is 2.05. The number of rotatable bonds is 2. The molecule has 3 nitrogen and oxygen atoms in total. The summed E-state index contributed by atoms with van der Waals surface area (Å²) in [6.07, 6.45) is 1.07. The molecule has 1 aliphatic carbocycles. The fourth-order valence-corrected chi connectivity index (χ4v) is 2.34. The van der Waals surface area contributed by atoms with Crippen LogP contribution >= 0.6 is 28.1 Å². The molecule has 1 aliphatic rings. The second-order valence-electron chi connectivity index (χ2n) is 4.30. The van der Waals surface area contributed by atoms with E-state index in [4.69, 9.17) is 18.0 Å². The molecule has 2 unspecified atom stereocenters. The average Bonchev–Trinajstić information content (AvgIpc) is 2.49. The Morgan fingerprint density at radius 3 is 2.67 bits per heavy atom. The Labute approximate surface area is 134 Å². The fourth-order valence-electron chi connectivity index (χ4n) is 1.73. The average molecular weight is 372 g/mol.